The van der Waals surface area contributed by atoms with Crippen LogP contribution in [0.4, 0.5) is 0 Å². The predicted molar refractivity (Wildman–Crippen MR) is 114 cm³/mol. The molecular weight excluding hydrogens is 372 g/mol. The summed E-state index contributed by atoms with van der Waals surface area (Å²) >= 11 is 5.33. The topological polar surface area (TPSA) is 59.6 Å². The van der Waals surface area contributed by atoms with E-state index in [9.17, 15) is 4.79 Å². The van der Waals surface area contributed by atoms with Crippen molar-refractivity contribution in [2.24, 2.45) is 0 Å². The highest BCUT2D eigenvalue weighted by atomic mass is 32.1. The second-order valence-electron chi connectivity index (χ2n) is 6.28. The molecule has 0 saturated heterocycles. The first-order chi connectivity index (χ1) is 13.5. The lowest BCUT2D eigenvalue weighted by atomic mass is 9.89. The number of hydrogen-bond acceptors (Lipinski definition) is 4. The lowest BCUT2D eigenvalue weighted by Crippen LogP contribution is -2.44. The number of methoxy groups -OCH3 is 1. The van der Waals surface area contributed by atoms with Crippen LogP contribution < -0.4 is 20.1 Å². The van der Waals surface area contributed by atoms with Crippen LogP contribution in [0.2, 0.25) is 0 Å². The van der Waals surface area contributed by atoms with Crippen LogP contribution >= 0.6 is 12.2 Å². The highest BCUT2D eigenvalue weighted by molar-refractivity contribution is 7.80. The Labute approximate surface area is 170 Å². The van der Waals surface area contributed by atoms with Gasteiger partial charge in [-0.2, -0.15) is 0 Å². The van der Waals surface area contributed by atoms with Gasteiger partial charge in [0.1, 0.15) is 6.61 Å². The Hall–Kier alpha value is -3.12. The van der Waals surface area contributed by atoms with E-state index in [4.69, 9.17) is 21.7 Å². The van der Waals surface area contributed by atoms with Gasteiger partial charge in [-0.1, -0.05) is 49.1 Å². The molecule has 2 aromatic carbocycles. The van der Waals surface area contributed by atoms with Crippen molar-refractivity contribution in [3.8, 4) is 11.5 Å². The minimum atomic E-state index is -0.399. The summed E-state index contributed by atoms with van der Waals surface area (Å²) < 4.78 is 11.1. The molecule has 0 bridgehead atoms. The zero-order valence-corrected chi connectivity index (χ0v) is 16.6. The van der Waals surface area contributed by atoms with E-state index in [1.165, 1.54) is 0 Å². The molecular formula is C22H22N2O3S. The fourth-order valence-electron chi connectivity index (χ4n) is 3.12. The Bertz CT molecular complexity index is 938. The van der Waals surface area contributed by atoms with Gasteiger partial charge in [-0.15, -0.1) is 0 Å². The van der Waals surface area contributed by atoms with E-state index < -0.39 is 6.04 Å². The normalized spacial score (nSPS) is 16.1. The molecule has 0 saturated carbocycles. The third kappa shape index (κ3) is 4.07. The Morgan fingerprint density at radius 1 is 1.21 bits per heavy atom. The van der Waals surface area contributed by atoms with E-state index in [1.807, 2.05) is 43.3 Å². The second kappa shape index (κ2) is 8.71. The first kappa shape index (κ1) is 19.6. The van der Waals surface area contributed by atoms with Crippen LogP contribution in [0.1, 0.15) is 28.9 Å². The SMILES string of the molecule is C=CCOc1ccc([C@@H]2NC(=S)NC(C)=C2C(=O)c2ccccc2)cc1OC. The molecule has 1 aliphatic rings. The van der Waals surface area contributed by atoms with Crippen molar-refractivity contribution in [1.29, 1.82) is 0 Å². The number of carbonyl (C=O) groups is 1. The number of rotatable bonds is 7. The summed E-state index contributed by atoms with van der Waals surface area (Å²) in [6.07, 6.45) is 1.67. The van der Waals surface area contributed by atoms with Crippen molar-refractivity contribution in [1.82, 2.24) is 10.6 Å². The van der Waals surface area contributed by atoms with Crippen LogP contribution in [0.25, 0.3) is 0 Å². The molecule has 1 heterocycles. The average molecular weight is 394 g/mol. The van der Waals surface area contributed by atoms with Crippen molar-refractivity contribution < 1.29 is 14.3 Å². The van der Waals surface area contributed by atoms with Gasteiger partial charge in [0.25, 0.3) is 0 Å². The molecule has 5 nitrogen and oxygen atoms in total. The molecule has 0 aliphatic carbocycles. The number of carbonyl (C=O) groups excluding carboxylic acids is 1. The Morgan fingerprint density at radius 2 is 1.96 bits per heavy atom. The third-order valence-electron chi connectivity index (χ3n) is 4.43. The molecule has 0 amide bonds. The van der Waals surface area contributed by atoms with Gasteiger partial charge in [-0.05, 0) is 36.8 Å². The molecule has 0 fully saturated rings. The summed E-state index contributed by atoms with van der Waals surface area (Å²) in [6, 6.07) is 14.4. The number of benzene rings is 2. The summed E-state index contributed by atoms with van der Waals surface area (Å²) in [5.74, 6) is 1.13. The van der Waals surface area contributed by atoms with Crippen molar-refractivity contribution in [3.05, 3.63) is 83.6 Å². The lowest BCUT2D eigenvalue weighted by Gasteiger charge is -2.30. The molecule has 144 valence electrons. The number of thiocarbonyl (C=S) groups is 1. The Balaban J connectivity index is 2.02. The van der Waals surface area contributed by atoms with E-state index >= 15 is 0 Å². The molecule has 3 rings (SSSR count). The van der Waals surface area contributed by atoms with Crippen molar-refractivity contribution in [2.45, 2.75) is 13.0 Å². The maximum Gasteiger partial charge on any atom is 0.193 e. The third-order valence-corrected chi connectivity index (χ3v) is 4.65. The van der Waals surface area contributed by atoms with E-state index in [1.54, 1.807) is 25.3 Å². The summed E-state index contributed by atoms with van der Waals surface area (Å²) in [5.41, 5.74) is 2.82. The summed E-state index contributed by atoms with van der Waals surface area (Å²) in [6.45, 7) is 5.89. The standard InChI is InChI=1S/C22H22N2O3S/c1-4-12-27-17-11-10-16(13-18(17)26-3)20-19(14(2)23-22(28)24-20)21(25)15-8-6-5-7-9-15/h4-11,13,20H,1,12H2,2-3H3,(H2,23,24,28)/t20-/m0/s1. The van der Waals surface area contributed by atoms with Crippen LogP contribution in [0, 0.1) is 0 Å². The van der Waals surface area contributed by atoms with Crippen LogP contribution in [0.15, 0.2) is 72.5 Å². The van der Waals surface area contributed by atoms with Crippen molar-refractivity contribution >= 4 is 23.1 Å². The number of Topliss-reactive ketones (excluding diaryl/α,β-unsaturated/α-hetero) is 1. The number of ketones is 1. The molecule has 0 radical (unpaired) electrons. The van der Waals surface area contributed by atoms with E-state index in [0.717, 1.165) is 11.3 Å². The monoisotopic (exact) mass is 394 g/mol. The first-order valence-electron chi connectivity index (χ1n) is 8.84. The van der Waals surface area contributed by atoms with Gasteiger partial charge in [0.15, 0.2) is 22.4 Å². The second-order valence-corrected chi connectivity index (χ2v) is 6.68. The maximum atomic E-state index is 13.2. The van der Waals surface area contributed by atoms with Crippen LogP contribution in [0.3, 0.4) is 0 Å². The molecule has 1 atom stereocenters. The molecule has 0 spiro atoms. The van der Waals surface area contributed by atoms with Crippen LogP contribution in [0.5, 0.6) is 11.5 Å². The molecule has 0 aromatic heterocycles. The Kier molecular flexibility index (Phi) is 6.11. The van der Waals surface area contributed by atoms with Gasteiger partial charge < -0.3 is 20.1 Å². The molecule has 2 aromatic rings. The highest BCUT2D eigenvalue weighted by Crippen LogP contribution is 2.35. The fraction of sp³-hybridized carbons (Fsp3) is 0.182. The van der Waals surface area contributed by atoms with Gasteiger partial charge >= 0.3 is 0 Å². The van der Waals surface area contributed by atoms with Crippen LogP contribution in [-0.4, -0.2) is 24.6 Å². The lowest BCUT2D eigenvalue weighted by molar-refractivity contribution is 0.102. The molecule has 6 heteroatoms. The molecule has 1 aliphatic heterocycles. The number of ether oxygens (including phenoxy) is 2. The van der Waals surface area contributed by atoms with Gasteiger partial charge in [0, 0.05) is 16.8 Å². The van der Waals surface area contributed by atoms with E-state index in [0.29, 0.717) is 34.4 Å². The quantitative estimate of drug-likeness (QED) is 0.422. The first-order valence-corrected chi connectivity index (χ1v) is 9.25. The van der Waals surface area contributed by atoms with Gasteiger partial charge in [0.2, 0.25) is 0 Å². The Morgan fingerprint density at radius 3 is 2.64 bits per heavy atom. The number of allylic oxidation sites excluding steroid dienone is 1. The predicted octanol–water partition coefficient (Wildman–Crippen LogP) is 3.94. The molecule has 0 unspecified atom stereocenters. The van der Waals surface area contributed by atoms with E-state index in [-0.39, 0.29) is 5.78 Å². The fourth-order valence-corrected chi connectivity index (χ4v) is 3.39. The zero-order chi connectivity index (χ0) is 20.1. The minimum Gasteiger partial charge on any atom is -0.493 e. The van der Waals surface area contributed by atoms with Crippen LogP contribution in [-0.2, 0) is 0 Å². The number of hydrogen-bond donors (Lipinski definition) is 2. The van der Waals surface area contributed by atoms with Crippen molar-refractivity contribution in [3.63, 3.8) is 0 Å². The van der Waals surface area contributed by atoms with Gasteiger partial charge in [0.05, 0.1) is 13.2 Å². The largest absolute Gasteiger partial charge is 0.493 e. The highest BCUT2D eigenvalue weighted by Gasteiger charge is 2.30. The van der Waals surface area contributed by atoms with Gasteiger partial charge in [-0.3, -0.25) is 4.79 Å². The minimum absolute atomic E-state index is 0.0587. The average Bonchev–Trinajstić information content (AvgIpc) is 2.71. The van der Waals surface area contributed by atoms with Gasteiger partial charge in [-0.25, -0.2) is 0 Å². The maximum absolute atomic E-state index is 13.2. The molecule has 28 heavy (non-hydrogen) atoms. The van der Waals surface area contributed by atoms with E-state index in [2.05, 4.69) is 17.2 Å². The molecule has 2 N–H and O–H groups in total. The summed E-state index contributed by atoms with van der Waals surface area (Å²) in [4.78, 5) is 13.2. The zero-order valence-electron chi connectivity index (χ0n) is 15.8. The smallest absolute Gasteiger partial charge is 0.193 e. The number of nitrogens with one attached hydrogen (secondary N) is 2. The summed E-state index contributed by atoms with van der Waals surface area (Å²) in [5, 5.41) is 6.74. The summed E-state index contributed by atoms with van der Waals surface area (Å²) in [7, 11) is 1.58. The van der Waals surface area contributed by atoms with Crippen molar-refractivity contribution in [2.75, 3.05) is 13.7 Å².